The average molecular weight is 305 g/mol. The first kappa shape index (κ1) is 29.8. The van der Waals surface area contributed by atoms with Crippen molar-refractivity contribution < 1.29 is 51.3 Å². The van der Waals surface area contributed by atoms with Crippen LogP contribution in [-0.2, 0) is 31.5 Å². The standard InChI is InChI=1S/2C3H8O2.2ClHO.Ti/c2*1-2-3-5-4;2*1-2;/h2*4H,2-3H2,1H3;2*2H;. The van der Waals surface area contributed by atoms with Gasteiger partial charge in [-0.1, -0.05) is 13.8 Å². The van der Waals surface area contributed by atoms with Gasteiger partial charge in [-0.05, 0) is 12.8 Å². The SMILES string of the molecule is CCCOO.CCCOO.OCl.OCl.[Ti]. The van der Waals surface area contributed by atoms with Gasteiger partial charge in [-0.25, -0.2) is 9.78 Å². The summed E-state index contributed by atoms with van der Waals surface area (Å²) < 4.78 is 12.9. The van der Waals surface area contributed by atoms with Crippen LogP contribution in [0.15, 0.2) is 0 Å². The first-order valence-electron chi connectivity index (χ1n) is 3.69. The molecule has 0 aromatic carbocycles. The van der Waals surface area contributed by atoms with Crippen LogP contribution in [0.2, 0.25) is 0 Å². The fourth-order valence-electron chi connectivity index (χ4n) is 0.183. The van der Waals surface area contributed by atoms with Crippen molar-refractivity contribution in [2.24, 2.45) is 0 Å². The third-order valence-electron chi connectivity index (χ3n) is 0.591. The summed E-state index contributed by atoms with van der Waals surface area (Å²) in [7, 11) is 0. The molecule has 0 saturated heterocycles. The summed E-state index contributed by atoms with van der Waals surface area (Å²) in [6.07, 6.45) is 1.74. The van der Waals surface area contributed by atoms with Crippen molar-refractivity contribution in [3.63, 3.8) is 0 Å². The second-order valence-corrected chi connectivity index (χ2v) is 1.67. The maximum atomic E-state index is 7.57. The maximum Gasteiger partial charge on any atom is 0.0817 e. The van der Waals surface area contributed by atoms with Gasteiger partial charge in [-0.3, -0.25) is 19.8 Å². The van der Waals surface area contributed by atoms with Gasteiger partial charge in [0.2, 0.25) is 0 Å². The van der Waals surface area contributed by atoms with Gasteiger partial charge in [-0.2, -0.15) is 0 Å². The molecule has 0 fully saturated rings. The van der Waals surface area contributed by atoms with E-state index < -0.39 is 0 Å². The molecular weight excluding hydrogens is 287 g/mol. The Morgan fingerprint density at radius 3 is 1.00 bits per heavy atom. The van der Waals surface area contributed by atoms with E-state index in [1.165, 1.54) is 0 Å². The van der Waals surface area contributed by atoms with Gasteiger partial charge in [0, 0.05) is 21.7 Å². The molecule has 0 amide bonds. The third-order valence-corrected chi connectivity index (χ3v) is 0.591. The fourth-order valence-corrected chi connectivity index (χ4v) is 0.183. The van der Waals surface area contributed by atoms with E-state index in [4.69, 9.17) is 19.8 Å². The third kappa shape index (κ3) is 100. The van der Waals surface area contributed by atoms with Gasteiger partial charge in [-0.15, -0.1) is 0 Å². The van der Waals surface area contributed by atoms with Crippen LogP contribution < -0.4 is 0 Å². The summed E-state index contributed by atoms with van der Waals surface area (Å²) in [4.78, 5) is 7.38. The van der Waals surface area contributed by atoms with Crippen LogP contribution in [0.4, 0.5) is 0 Å². The minimum absolute atomic E-state index is 0. The summed E-state index contributed by atoms with van der Waals surface area (Å²) in [5.74, 6) is 0. The van der Waals surface area contributed by atoms with Gasteiger partial charge < -0.3 is 0 Å². The molecule has 0 spiro atoms. The zero-order chi connectivity index (χ0) is 12.2. The Hall–Kier alpha value is 1.05. The van der Waals surface area contributed by atoms with Crippen LogP contribution in [0.1, 0.15) is 26.7 Å². The number of halogens is 2. The number of rotatable bonds is 4. The molecule has 96 valence electrons. The molecule has 0 aliphatic rings. The summed E-state index contributed by atoms with van der Waals surface area (Å²) in [6, 6.07) is 0. The second-order valence-electron chi connectivity index (χ2n) is 1.67. The molecule has 9 heteroatoms. The molecule has 0 radical (unpaired) electrons. The van der Waals surface area contributed by atoms with Crippen LogP contribution in [0.25, 0.3) is 0 Å². The number of hydrogen-bond donors (Lipinski definition) is 4. The average Bonchev–Trinajstić information content (AvgIpc) is 2.27. The zero-order valence-electron chi connectivity index (χ0n) is 8.69. The van der Waals surface area contributed by atoms with Crippen LogP contribution >= 0.6 is 23.7 Å². The van der Waals surface area contributed by atoms with Crippen molar-refractivity contribution in [1.29, 1.82) is 0 Å². The van der Waals surface area contributed by atoms with Gasteiger partial charge in [0.25, 0.3) is 0 Å². The van der Waals surface area contributed by atoms with Crippen molar-refractivity contribution in [3.05, 3.63) is 0 Å². The predicted octanol–water partition coefficient (Wildman–Crippen LogP) is 2.03. The summed E-state index contributed by atoms with van der Waals surface area (Å²) in [5, 5.41) is 15.1. The molecule has 0 aromatic rings. The predicted molar refractivity (Wildman–Crippen MR) is 53.9 cm³/mol. The van der Waals surface area contributed by atoms with E-state index in [9.17, 15) is 0 Å². The van der Waals surface area contributed by atoms with E-state index in [-0.39, 0.29) is 21.7 Å². The molecule has 0 saturated carbocycles. The molecular formula is C6H18Cl2O6Ti. The molecule has 0 rings (SSSR count). The summed E-state index contributed by atoms with van der Waals surface area (Å²) in [5.41, 5.74) is 0. The molecule has 4 N–H and O–H groups in total. The Labute approximate surface area is 115 Å². The van der Waals surface area contributed by atoms with Crippen LogP contribution in [-0.4, -0.2) is 33.0 Å². The molecule has 0 aliphatic carbocycles. The molecule has 6 nitrogen and oxygen atoms in total. The van der Waals surface area contributed by atoms with E-state index in [1.807, 2.05) is 13.8 Å². The Kier molecular flexibility index (Phi) is 119. The van der Waals surface area contributed by atoms with Crippen molar-refractivity contribution in [2.45, 2.75) is 26.7 Å². The van der Waals surface area contributed by atoms with Crippen molar-refractivity contribution in [2.75, 3.05) is 13.2 Å². The minimum atomic E-state index is 0. The zero-order valence-corrected chi connectivity index (χ0v) is 11.8. The van der Waals surface area contributed by atoms with Crippen molar-refractivity contribution >= 4 is 23.7 Å². The van der Waals surface area contributed by atoms with E-state index >= 15 is 0 Å². The largest absolute Gasteiger partial charge is 0.295 e. The molecule has 15 heavy (non-hydrogen) atoms. The summed E-state index contributed by atoms with van der Waals surface area (Å²) in [6.45, 7) is 4.74. The Bertz CT molecular complexity index is 46.6. The Morgan fingerprint density at radius 1 is 0.800 bits per heavy atom. The van der Waals surface area contributed by atoms with Gasteiger partial charge in [0.1, 0.15) is 0 Å². The molecule has 0 aliphatic heterocycles. The molecule has 0 heterocycles. The van der Waals surface area contributed by atoms with Gasteiger partial charge >= 0.3 is 0 Å². The normalized spacial score (nSPS) is 6.40. The van der Waals surface area contributed by atoms with E-state index in [0.717, 1.165) is 12.8 Å². The smallest absolute Gasteiger partial charge is 0.0817 e. The quantitative estimate of drug-likeness (QED) is 0.360. The van der Waals surface area contributed by atoms with E-state index in [0.29, 0.717) is 13.2 Å². The Balaban J connectivity index is -0.0000000318. The molecule has 0 bridgehead atoms. The van der Waals surface area contributed by atoms with Crippen LogP contribution in [0.5, 0.6) is 0 Å². The topological polar surface area (TPSA) is 99.4 Å². The Morgan fingerprint density at radius 2 is 1.00 bits per heavy atom. The van der Waals surface area contributed by atoms with Crippen molar-refractivity contribution in [3.8, 4) is 0 Å². The first-order chi connectivity index (χ1) is 6.83. The van der Waals surface area contributed by atoms with Crippen LogP contribution in [0, 0.1) is 0 Å². The first-order valence-corrected chi connectivity index (χ1v) is 4.37. The monoisotopic (exact) mass is 304 g/mol. The van der Waals surface area contributed by atoms with Gasteiger partial charge in [0.15, 0.2) is 0 Å². The number of hydrogen-bond acceptors (Lipinski definition) is 6. The minimum Gasteiger partial charge on any atom is -0.295 e. The van der Waals surface area contributed by atoms with E-state index in [2.05, 4.69) is 33.5 Å². The van der Waals surface area contributed by atoms with E-state index in [1.54, 1.807) is 0 Å². The molecule has 0 atom stereocenters. The summed E-state index contributed by atoms with van der Waals surface area (Å²) >= 11 is 7.28. The van der Waals surface area contributed by atoms with Crippen LogP contribution in [0.3, 0.4) is 0 Å². The van der Waals surface area contributed by atoms with Gasteiger partial charge in [0.05, 0.1) is 36.9 Å². The molecule has 0 aromatic heterocycles. The van der Waals surface area contributed by atoms with Crippen molar-refractivity contribution in [1.82, 2.24) is 0 Å². The molecule has 0 unspecified atom stereocenters. The fraction of sp³-hybridized carbons (Fsp3) is 1.00. The maximum absolute atomic E-state index is 7.57. The second kappa shape index (κ2) is 59.8.